The Bertz CT molecular complexity index is 1210. The fourth-order valence-electron chi connectivity index (χ4n) is 4.06. The van der Waals surface area contributed by atoms with E-state index in [-0.39, 0.29) is 0 Å². The van der Waals surface area contributed by atoms with Crippen LogP contribution in [0.5, 0.6) is 11.5 Å². The van der Waals surface area contributed by atoms with E-state index in [4.69, 9.17) is 41.5 Å². The van der Waals surface area contributed by atoms with Crippen molar-refractivity contribution in [2.24, 2.45) is 0 Å². The molecular weight excluding hydrogens is 608 g/mol. The lowest BCUT2D eigenvalue weighted by Gasteiger charge is -2.34. The lowest BCUT2D eigenvalue weighted by atomic mass is 10.1. The van der Waals surface area contributed by atoms with E-state index < -0.39 is 23.9 Å². The summed E-state index contributed by atoms with van der Waals surface area (Å²) in [5, 5.41) is 32.1. The molecule has 0 saturated carbocycles. The molecule has 1 heterocycles. The van der Waals surface area contributed by atoms with Crippen molar-refractivity contribution >= 4 is 35.5 Å². The normalized spacial score (nSPS) is 13.3. The third kappa shape index (κ3) is 18.8. The molecule has 0 bridgehead atoms. The molecule has 13 heteroatoms. The summed E-state index contributed by atoms with van der Waals surface area (Å²) in [4.78, 5) is 43.3. The second kappa shape index (κ2) is 22.2. The Balaban J connectivity index is 0.000000521. The van der Waals surface area contributed by atoms with Gasteiger partial charge in [-0.05, 0) is 54.3 Å². The van der Waals surface area contributed by atoms with Gasteiger partial charge in [0.1, 0.15) is 11.5 Å². The number of hydrogen-bond donors (Lipinski definition) is 4. The number of halogens is 1. The number of hydrogen-bond acceptors (Lipinski definition) is 8. The van der Waals surface area contributed by atoms with Gasteiger partial charge in [0.15, 0.2) is 0 Å². The molecule has 1 aliphatic heterocycles. The van der Waals surface area contributed by atoms with Crippen LogP contribution >= 0.6 is 11.6 Å². The van der Waals surface area contributed by atoms with E-state index in [2.05, 4.69) is 34.9 Å². The molecule has 45 heavy (non-hydrogen) atoms. The van der Waals surface area contributed by atoms with E-state index in [1.54, 1.807) is 7.11 Å². The molecule has 0 aliphatic carbocycles. The molecule has 2 aromatic carbocycles. The predicted octanol–water partition coefficient (Wildman–Crippen LogP) is 4.31. The first-order chi connectivity index (χ1) is 21.4. The van der Waals surface area contributed by atoms with Crippen LogP contribution in [0.2, 0.25) is 5.02 Å². The van der Waals surface area contributed by atoms with Crippen molar-refractivity contribution in [1.82, 2.24) is 9.80 Å². The van der Waals surface area contributed by atoms with Gasteiger partial charge >= 0.3 is 23.9 Å². The van der Waals surface area contributed by atoms with Crippen LogP contribution in [0.1, 0.15) is 30.9 Å². The van der Waals surface area contributed by atoms with Crippen molar-refractivity contribution in [3.05, 3.63) is 82.9 Å². The molecule has 12 nitrogen and oxygen atoms in total. The van der Waals surface area contributed by atoms with Crippen molar-refractivity contribution in [3.8, 4) is 11.5 Å². The van der Waals surface area contributed by atoms with Crippen LogP contribution in [0.4, 0.5) is 0 Å². The maximum atomic E-state index is 9.55. The number of carboxylic acids is 4. The molecular formula is C32H41ClN2O10. The standard InChI is InChI=1S/C24H33ClN2O2.2C4H4O4/c1-3-5-21-18-23(28-2)10-11-24(21)29-17-4-12-26-13-15-27(16-14-26)19-20-6-8-22(25)9-7-20;2*5-3(6)1-2-4(7)8/h6-11,18H,3-5,12-17,19H2,1-2H3;2*1-2H,(H,5,6)(H,7,8)/b;2*2-1-. The lowest BCUT2D eigenvalue weighted by Crippen LogP contribution is -2.46. The quantitative estimate of drug-likeness (QED) is 0.169. The van der Waals surface area contributed by atoms with Crippen LogP contribution in [-0.2, 0) is 32.1 Å². The second-order valence-electron chi connectivity index (χ2n) is 9.69. The average Bonchev–Trinajstić information content (AvgIpc) is 3.00. The minimum Gasteiger partial charge on any atom is -0.497 e. The second-order valence-corrected chi connectivity index (χ2v) is 10.1. The van der Waals surface area contributed by atoms with E-state index in [0.717, 1.165) is 81.7 Å². The first-order valence-corrected chi connectivity index (χ1v) is 14.6. The average molecular weight is 649 g/mol. The van der Waals surface area contributed by atoms with Gasteiger partial charge in [-0.1, -0.05) is 37.1 Å². The van der Waals surface area contributed by atoms with Crippen LogP contribution in [0.3, 0.4) is 0 Å². The molecule has 3 rings (SSSR count). The van der Waals surface area contributed by atoms with Gasteiger partial charge in [0, 0.05) is 68.6 Å². The number of aryl methyl sites for hydroxylation is 1. The summed E-state index contributed by atoms with van der Waals surface area (Å²) in [6.07, 6.45) is 5.40. The summed E-state index contributed by atoms with van der Waals surface area (Å²) < 4.78 is 11.4. The van der Waals surface area contributed by atoms with Crippen LogP contribution in [-0.4, -0.2) is 101 Å². The van der Waals surface area contributed by atoms with E-state index >= 15 is 0 Å². The minimum atomic E-state index is -1.26. The molecule has 0 radical (unpaired) electrons. The highest BCUT2D eigenvalue weighted by Gasteiger charge is 2.16. The van der Waals surface area contributed by atoms with Gasteiger partial charge in [-0.15, -0.1) is 0 Å². The van der Waals surface area contributed by atoms with Gasteiger partial charge in [-0.3, -0.25) is 4.90 Å². The Kier molecular flexibility index (Phi) is 19.0. The molecule has 0 spiro atoms. The highest BCUT2D eigenvalue weighted by atomic mass is 35.5. The van der Waals surface area contributed by atoms with Gasteiger partial charge < -0.3 is 34.8 Å². The number of benzene rings is 2. The van der Waals surface area contributed by atoms with Crippen molar-refractivity contribution in [2.75, 3.05) is 46.4 Å². The summed E-state index contributed by atoms with van der Waals surface area (Å²) in [5.41, 5.74) is 2.57. The maximum Gasteiger partial charge on any atom is 0.328 e. The molecule has 0 aromatic heterocycles. The molecule has 0 unspecified atom stereocenters. The smallest absolute Gasteiger partial charge is 0.328 e. The summed E-state index contributed by atoms with van der Waals surface area (Å²) in [5.74, 6) is -3.13. The third-order valence-electron chi connectivity index (χ3n) is 6.18. The van der Waals surface area contributed by atoms with Crippen molar-refractivity contribution in [1.29, 1.82) is 0 Å². The molecule has 1 aliphatic rings. The van der Waals surface area contributed by atoms with Crippen molar-refractivity contribution in [2.45, 2.75) is 32.7 Å². The van der Waals surface area contributed by atoms with E-state index in [1.165, 1.54) is 11.1 Å². The van der Waals surface area contributed by atoms with Crippen LogP contribution in [0, 0.1) is 0 Å². The Morgan fingerprint density at radius 3 is 1.78 bits per heavy atom. The molecule has 0 amide bonds. The molecule has 1 saturated heterocycles. The first kappa shape index (κ1) is 38.6. The third-order valence-corrected chi connectivity index (χ3v) is 6.44. The summed E-state index contributed by atoms with van der Waals surface area (Å²) >= 11 is 5.97. The largest absolute Gasteiger partial charge is 0.497 e. The van der Waals surface area contributed by atoms with Crippen molar-refractivity contribution in [3.63, 3.8) is 0 Å². The molecule has 1 fully saturated rings. The highest BCUT2D eigenvalue weighted by Crippen LogP contribution is 2.25. The zero-order valence-corrected chi connectivity index (χ0v) is 26.2. The zero-order valence-electron chi connectivity index (χ0n) is 25.4. The van der Waals surface area contributed by atoms with Gasteiger partial charge in [0.25, 0.3) is 0 Å². The first-order valence-electron chi connectivity index (χ1n) is 14.2. The summed E-state index contributed by atoms with van der Waals surface area (Å²) in [6.45, 7) is 9.52. The van der Waals surface area contributed by atoms with Gasteiger partial charge in [-0.25, -0.2) is 19.2 Å². The number of piperazine rings is 1. The zero-order chi connectivity index (χ0) is 33.6. The highest BCUT2D eigenvalue weighted by molar-refractivity contribution is 6.30. The van der Waals surface area contributed by atoms with E-state index in [9.17, 15) is 19.2 Å². The minimum absolute atomic E-state index is 0.558. The molecule has 2 aromatic rings. The van der Waals surface area contributed by atoms with Crippen LogP contribution in [0.25, 0.3) is 0 Å². The Morgan fingerprint density at radius 2 is 1.31 bits per heavy atom. The van der Waals surface area contributed by atoms with Crippen LogP contribution in [0.15, 0.2) is 66.8 Å². The number of aliphatic carboxylic acids is 4. The lowest BCUT2D eigenvalue weighted by molar-refractivity contribution is -0.134. The maximum absolute atomic E-state index is 9.55. The Labute approximate surface area is 267 Å². The fourth-order valence-corrected chi connectivity index (χ4v) is 4.19. The Morgan fingerprint density at radius 1 is 0.800 bits per heavy atom. The summed E-state index contributed by atoms with van der Waals surface area (Å²) in [6, 6.07) is 14.3. The number of carbonyl (C=O) groups is 4. The van der Waals surface area contributed by atoms with Gasteiger partial charge in [0.05, 0.1) is 13.7 Å². The van der Waals surface area contributed by atoms with Gasteiger partial charge in [0.2, 0.25) is 0 Å². The number of rotatable bonds is 14. The molecule has 246 valence electrons. The number of carboxylic acid groups (broad SMARTS) is 4. The van der Waals surface area contributed by atoms with Crippen molar-refractivity contribution < 1.29 is 49.1 Å². The van der Waals surface area contributed by atoms with E-state index in [1.807, 2.05) is 24.3 Å². The monoisotopic (exact) mass is 648 g/mol. The molecule has 0 atom stereocenters. The predicted molar refractivity (Wildman–Crippen MR) is 169 cm³/mol. The SMILES string of the molecule is CCCc1cc(OC)ccc1OCCCN1CCN(Cc2ccc(Cl)cc2)CC1.O=C(O)/C=C\C(=O)O.O=C(O)/C=C\C(=O)O. The number of ether oxygens (including phenoxy) is 2. The number of methoxy groups -OCH3 is 1. The molecule has 4 N–H and O–H groups in total. The van der Waals surface area contributed by atoms with Gasteiger partial charge in [-0.2, -0.15) is 0 Å². The Hall–Kier alpha value is -4.39. The van der Waals surface area contributed by atoms with Crippen LogP contribution < -0.4 is 9.47 Å². The number of nitrogens with zero attached hydrogens (tertiary/aromatic N) is 2. The van der Waals surface area contributed by atoms with E-state index in [0.29, 0.717) is 24.3 Å². The fraction of sp³-hybridized carbons (Fsp3) is 0.375. The summed E-state index contributed by atoms with van der Waals surface area (Å²) in [7, 11) is 1.71. The topological polar surface area (TPSA) is 174 Å².